The Morgan fingerprint density at radius 1 is 1.07 bits per heavy atom. The molecule has 0 atom stereocenters. The van der Waals surface area contributed by atoms with Gasteiger partial charge >= 0.3 is 0 Å². The molecule has 0 unspecified atom stereocenters. The van der Waals surface area contributed by atoms with Gasteiger partial charge in [-0.05, 0) is 67.6 Å². The van der Waals surface area contributed by atoms with Gasteiger partial charge in [-0.15, -0.1) is 0 Å². The summed E-state index contributed by atoms with van der Waals surface area (Å²) in [4.78, 5) is 15.0. The average molecular weight is 431 g/mol. The van der Waals surface area contributed by atoms with Gasteiger partial charge < -0.3 is 4.90 Å². The minimum Gasteiger partial charge on any atom is -0.308 e. The third-order valence-corrected chi connectivity index (χ3v) is 8.16. The lowest BCUT2D eigenvalue weighted by molar-refractivity contribution is 0.0985. The molecule has 7 heteroatoms. The fourth-order valence-corrected chi connectivity index (χ4v) is 5.99. The number of amides is 1. The monoisotopic (exact) mass is 430 g/mol. The normalized spacial score (nSPS) is 17.8. The van der Waals surface area contributed by atoms with E-state index in [1.807, 2.05) is 0 Å². The number of hydrogen-bond acceptors (Lipinski definition) is 3. The first kappa shape index (κ1) is 21.0. The van der Waals surface area contributed by atoms with Crippen molar-refractivity contribution in [3.8, 4) is 0 Å². The van der Waals surface area contributed by atoms with Crippen LogP contribution in [0.5, 0.6) is 0 Å². The molecule has 30 heavy (non-hydrogen) atoms. The summed E-state index contributed by atoms with van der Waals surface area (Å²) in [5.41, 5.74) is 1.82. The van der Waals surface area contributed by atoms with Crippen molar-refractivity contribution in [2.24, 2.45) is 0 Å². The Kier molecular flexibility index (Phi) is 5.93. The highest BCUT2D eigenvalue weighted by Crippen LogP contribution is 2.30. The minimum atomic E-state index is -3.68. The highest BCUT2D eigenvalue weighted by atomic mass is 32.2. The number of nitrogens with zero attached hydrogens (tertiary/aromatic N) is 2. The van der Waals surface area contributed by atoms with Crippen LogP contribution in [0.2, 0.25) is 0 Å². The van der Waals surface area contributed by atoms with Crippen LogP contribution in [0.4, 0.5) is 10.1 Å². The molecule has 0 N–H and O–H groups in total. The van der Waals surface area contributed by atoms with Gasteiger partial charge in [-0.25, -0.2) is 12.8 Å². The Labute approximate surface area is 177 Å². The van der Waals surface area contributed by atoms with Crippen molar-refractivity contribution >= 4 is 21.6 Å². The van der Waals surface area contributed by atoms with Crippen LogP contribution in [-0.4, -0.2) is 38.3 Å². The van der Waals surface area contributed by atoms with Gasteiger partial charge in [0.05, 0.1) is 4.90 Å². The Bertz CT molecular complexity index is 1050. The lowest BCUT2D eigenvalue weighted by Gasteiger charge is -2.31. The van der Waals surface area contributed by atoms with E-state index >= 15 is 0 Å². The van der Waals surface area contributed by atoms with Crippen molar-refractivity contribution in [3.05, 3.63) is 59.4 Å². The molecule has 1 aliphatic heterocycles. The smallest absolute Gasteiger partial charge is 0.258 e. The van der Waals surface area contributed by atoms with Crippen LogP contribution in [0.3, 0.4) is 0 Å². The summed E-state index contributed by atoms with van der Waals surface area (Å²) >= 11 is 0. The van der Waals surface area contributed by atoms with Crippen LogP contribution in [-0.2, 0) is 16.4 Å². The molecule has 0 saturated heterocycles. The molecule has 0 radical (unpaired) electrons. The SMILES string of the molecule is CN(C1CCCCC1)S(=O)(=O)c1cccc(C(=O)N2CCCc3cc(F)ccc32)c1. The van der Waals surface area contributed by atoms with Gasteiger partial charge in [-0.3, -0.25) is 4.79 Å². The molecular weight excluding hydrogens is 403 g/mol. The molecule has 1 heterocycles. The fourth-order valence-electron chi connectivity index (χ4n) is 4.53. The Hall–Kier alpha value is -2.25. The number of carbonyl (C=O) groups is 1. The van der Waals surface area contributed by atoms with Crippen LogP contribution >= 0.6 is 0 Å². The lowest BCUT2D eigenvalue weighted by Crippen LogP contribution is -2.38. The zero-order valence-corrected chi connectivity index (χ0v) is 18.0. The van der Waals surface area contributed by atoms with E-state index in [-0.39, 0.29) is 22.7 Å². The van der Waals surface area contributed by atoms with Gasteiger partial charge in [-0.1, -0.05) is 25.3 Å². The van der Waals surface area contributed by atoms with Gasteiger partial charge in [0.1, 0.15) is 5.82 Å². The van der Waals surface area contributed by atoms with Crippen LogP contribution < -0.4 is 4.90 Å². The van der Waals surface area contributed by atoms with E-state index in [4.69, 9.17) is 0 Å². The van der Waals surface area contributed by atoms with Crippen molar-refractivity contribution in [2.45, 2.75) is 55.9 Å². The van der Waals surface area contributed by atoms with Crippen molar-refractivity contribution in [3.63, 3.8) is 0 Å². The Morgan fingerprint density at radius 3 is 2.60 bits per heavy atom. The van der Waals surface area contributed by atoms with Gasteiger partial charge in [0.25, 0.3) is 5.91 Å². The second-order valence-corrected chi connectivity index (χ2v) is 10.2. The number of hydrogen-bond donors (Lipinski definition) is 0. The molecule has 1 fully saturated rings. The van der Waals surface area contributed by atoms with Gasteiger partial charge in [-0.2, -0.15) is 4.31 Å². The topological polar surface area (TPSA) is 57.7 Å². The number of fused-ring (bicyclic) bond motifs is 1. The maximum atomic E-state index is 13.6. The largest absolute Gasteiger partial charge is 0.308 e. The van der Waals surface area contributed by atoms with E-state index in [0.29, 0.717) is 17.8 Å². The summed E-state index contributed by atoms with van der Waals surface area (Å²) in [7, 11) is -2.04. The highest BCUT2D eigenvalue weighted by molar-refractivity contribution is 7.89. The van der Waals surface area contributed by atoms with Crippen LogP contribution in [0, 0.1) is 5.82 Å². The average Bonchev–Trinajstić information content (AvgIpc) is 2.78. The fraction of sp³-hybridized carbons (Fsp3) is 0.435. The molecule has 2 aromatic rings. The number of aryl methyl sites for hydroxylation is 1. The van der Waals surface area contributed by atoms with Crippen molar-refractivity contribution in [1.82, 2.24) is 4.31 Å². The van der Waals surface area contributed by atoms with E-state index in [2.05, 4.69) is 0 Å². The molecule has 2 aromatic carbocycles. The zero-order chi connectivity index (χ0) is 21.3. The number of rotatable bonds is 4. The van der Waals surface area contributed by atoms with E-state index in [1.165, 1.54) is 22.5 Å². The molecule has 160 valence electrons. The number of halogens is 1. The molecule has 5 nitrogen and oxygen atoms in total. The zero-order valence-electron chi connectivity index (χ0n) is 17.2. The molecule has 2 aliphatic rings. The first-order valence-corrected chi connectivity index (χ1v) is 12.0. The van der Waals surface area contributed by atoms with E-state index in [0.717, 1.165) is 50.5 Å². The summed E-state index contributed by atoms with van der Waals surface area (Å²) in [6, 6.07) is 10.7. The summed E-state index contributed by atoms with van der Waals surface area (Å²) in [5, 5.41) is 0. The molecule has 1 amide bonds. The highest BCUT2D eigenvalue weighted by Gasteiger charge is 2.30. The third kappa shape index (κ3) is 4.01. The maximum Gasteiger partial charge on any atom is 0.258 e. The number of carbonyl (C=O) groups excluding carboxylic acids is 1. The van der Waals surface area contributed by atoms with Crippen LogP contribution in [0.15, 0.2) is 47.4 Å². The van der Waals surface area contributed by atoms with Crippen molar-refractivity contribution in [2.75, 3.05) is 18.5 Å². The summed E-state index contributed by atoms with van der Waals surface area (Å²) in [6.07, 6.45) is 6.43. The third-order valence-electron chi connectivity index (χ3n) is 6.25. The number of anilines is 1. The molecule has 1 aliphatic carbocycles. The van der Waals surface area contributed by atoms with Gasteiger partial charge in [0, 0.05) is 30.9 Å². The van der Waals surface area contributed by atoms with Crippen molar-refractivity contribution < 1.29 is 17.6 Å². The van der Waals surface area contributed by atoms with E-state index in [9.17, 15) is 17.6 Å². The van der Waals surface area contributed by atoms with E-state index in [1.54, 1.807) is 36.2 Å². The molecule has 0 aromatic heterocycles. The second kappa shape index (κ2) is 8.47. The molecule has 1 saturated carbocycles. The molecule has 0 spiro atoms. The number of sulfonamides is 1. The minimum absolute atomic E-state index is 0.00646. The lowest BCUT2D eigenvalue weighted by atomic mass is 9.96. The second-order valence-electron chi connectivity index (χ2n) is 8.17. The predicted molar refractivity (Wildman–Crippen MR) is 115 cm³/mol. The summed E-state index contributed by atoms with van der Waals surface area (Å²) in [6.45, 7) is 0.524. The molecule has 4 rings (SSSR count). The maximum absolute atomic E-state index is 13.6. The number of benzene rings is 2. The van der Waals surface area contributed by atoms with Crippen LogP contribution in [0.25, 0.3) is 0 Å². The van der Waals surface area contributed by atoms with Gasteiger partial charge in [0.15, 0.2) is 0 Å². The quantitative estimate of drug-likeness (QED) is 0.724. The van der Waals surface area contributed by atoms with Gasteiger partial charge in [0.2, 0.25) is 10.0 Å². The van der Waals surface area contributed by atoms with Crippen molar-refractivity contribution in [1.29, 1.82) is 0 Å². The predicted octanol–water partition coefficient (Wildman–Crippen LogP) is 4.37. The Balaban J connectivity index is 1.62. The van der Waals surface area contributed by atoms with E-state index < -0.39 is 10.0 Å². The standard InChI is InChI=1S/C23H27FN2O3S/c1-25(20-9-3-2-4-10-20)30(28,29)21-11-5-7-18(16-21)23(27)26-14-6-8-17-15-19(24)12-13-22(17)26/h5,7,11-13,15-16,20H,2-4,6,8-10,14H2,1H3. The summed E-state index contributed by atoms with van der Waals surface area (Å²) in [5.74, 6) is -0.582. The summed E-state index contributed by atoms with van der Waals surface area (Å²) < 4.78 is 41.4. The molecular formula is C23H27FN2O3S. The Morgan fingerprint density at radius 2 is 1.83 bits per heavy atom. The molecule has 0 bridgehead atoms. The first-order valence-electron chi connectivity index (χ1n) is 10.6. The van der Waals surface area contributed by atoms with Crippen LogP contribution in [0.1, 0.15) is 54.4 Å². The first-order chi connectivity index (χ1) is 14.4.